The maximum atomic E-state index is 12.6. The molecule has 1 aliphatic carbocycles. The minimum Gasteiger partial charge on any atom is -0.374 e. The van der Waals surface area contributed by atoms with Gasteiger partial charge in [-0.2, -0.15) is 0 Å². The zero-order chi connectivity index (χ0) is 17.4. The first-order chi connectivity index (χ1) is 11.4. The van der Waals surface area contributed by atoms with Crippen molar-refractivity contribution in [1.29, 1.82) is 0 Å². The molecule has 1 saturated heterocycles. The fourth-order valence-electron chi connectivity index (χ4n) is 2.65. The maximum Gasteiger partial charge on any atom is 0.256 e. The number of aliphatic hydroxyl groups excluding tert-OH is 1. The molecule has 3 amide bonds. The van der Waals surface area contributed by atoms with Crippen molar-refractivity contribution in [2.45, 2.75) is 50.8 Å². The van der Waals surface area contributed by atoms with E-state index in [9.17, 15) is 19.5 Å². The van der Waals surface area contributed by atoms with Crippen LogP contribution in [0.5, 0.6) is 0 Å². The van der Waals surface area contributed by atoms with Gasteiger partial charge in [-0.15, -0.1) is 11.3 Å². The number of carbonyl (C=O) groups is 3. The number of amides is 3. The number of nitrogens with one attached hydrogen (secondary N) is 3. The molecule has 9 heteroatoms. The zero-order valence-corrected chi connectivity index (χ0v) is 14.6. The van der Waals surface area contributed by atoms with E-state index in [0.29, 0.717) is 28.8 Å². The lowest BCUT2D eigenvalue weighted by Gasteiger charge is -2.26. The monoisotopic (exact) mass is 371 g/mol. The van der Waals surface area contributed by atoms with Gasteiger partial charge < -0.3 is 21.1 Å². The van der Waals surface area contributed by atoms with Crippen molar-refractivity contribution in [2.24, 2.45) is 0 Å². The first-order valence-corrected chi connectivity index (χ1v) is 8.95. The van der Waals surface area contributed by atoms with Crippen LogP contribution in [0.3, 0.4) is 0 Å². The van der Waals surface area contributed by atoms with Crippen LogP contribution in [-0.2, 0) is 9.59 Å². The highest BCUT2D eigenvalue weighted by atomic mass is 35.5. The predicted molar refractivity (Wildman–Crippen MR) is 90.2 cm³/mol. The molecule has 7 nitrogen and oxygen atoms in total. The molecule has 3 rings (SSSR count). The summed E-state index contributed by atoms with van der Waals surface area (Å²) < 4.78 is 0. The summed E-state index contributed by atoms with van der Waals surface area (Å²) in [5, 5.41) is 17.8. The van der Waals surface area contributed by atoms with E-state index in [4.69, 9.17) is 11.6 Å². The van der Waals surface area contributed by atoms with Gasteiger partial charge >= 0.3 is 0 Å². The highest BCUT2D eigenvalue weighted by Gasteiger charge is 2.35. The van der Waals surface area contributed by atoms with E-state index in [0.717, 1.165) is 17.7 Å². The van der Waals surface area contributed by atoms with Crippen LogP contribution in [0.2, 0.25) is 5.02 Å². The van der Waals surface area contributed by atoms with Crippen LogP contribution in [0.15, 0.2) is 0 Å². The topological polar surface area (TPSA) is 108 Å². The Bertz CT molecular complexity index is 701. The largest absolute Gasteiger partial charge is 0.374 e. The summed E-state index contributed by atoms with van der Waals surface area (Å²) in [6.45, 7) is 1.36. The molecule has 4 N–H and O–H groups in total. The number of hydrogen-bond donors (Lipinski definition) is 4. The molecule has 1 saturated carbocycles. The smallest absolute Gasteiger partial charge is 0.256 e. The Morgan fingerprint density at radius 2 is 2.00 bits per heavy atom. The molecule has 130 valence electrons. The number of rotatable bonds is 4. The minimum absolute atomic E-state index is 0.206. The third kappa shape index (κ3) is 3.55. The molecule has 0 spiro atoms. The van der Waals surface area contributed by atoms with Crippen molar-refractivity contribution in [3.8, 4) is 0 Å². The van der Waals surface area contributed by atoms with Crippen LogP contribution < -0.4 is 16.0 Å². The molecule has 1 aromatic rings. The Kier molecular flexibility index (Phi) is 4.80. The van der Waals surface area contributed by atoms with Crippen LogP contribution >= 0.6 is 22.9 Å². The lowest BCUT2D eigenvalue weighted by atomic mass is 10.0. The molecule has 0 radical (unpaired) electrons. The minimum atomic E-state index is -0.883. The Balaban J connectivity index is 1.82. The van der Waals surface area contributed by atoms with Crippen LogP contribution in [-0.4, -0.2) is 35.1 Å². The Hall–Kier alpha value is -1.64. The van der Waals surface area contributed by atoms with Gasteiger partial charge in [0.1, 0.15) is 17.3 Å². The molecule has 1 aromatic heterocycles. The maximum absolute atomic E-state index is 12.6. The van der Waals surface area contributed by atoms with Gasteiger partial charge in [0.2, 0.25) is 11.8 Å². The number of aliphatic hydroxyl groups is 1. The van der Waals surface area contributed by atoms with Gasteiger partial charge in [-0.1, -0.05) is 11.6 Å². The van der Waals surface area contributed by atoms with E-state index in [-0.39, 0.29) is 11.5 Å². The number of thiophene rings is 1. The van der Waals surface area contributed by atoms with Crippen molar-refractivity contribution in [2.75, 3.05) is 5.32 Å². The van der Waals surface area contributed by atoms with Gasteiger partial charge in [0.25, 0.3) is 5.91 Å². The molecule has 2 atom stereocenters. The highest BCUT2D eigenvalue weighted by Crippen LogP contribution is 2.50. The number of piperidine rings is 1. The summed E-state index contributed by atoms with van der Waals surface area (Å²) in [5.74, 6) is -0.882. The molecule has 2 heterocycles. The first kappa shape index (κ1) is 17.2. The van der Waals surface area contributed by atoms with E-state index >= 15 is 0 Å². The van der Waals surface area contributed by atoms with Crippen LogP contribution in [0, 0.1) is 0 Å². The zero-order valence-electron chi connectivity index (χ0n) is 13.0. The van der Waals surface area contributed by atoms with E-state index in [1.165, 1.54) is 18.3 Å². The van der Waals surface area contributed by atoms with Crippen LogP contribution in [0.4, 0.5) is 5.00 Å². The Morgan fingerprint density at radius 1 is 1.29 bits per heavy atom. The predicted octanol–water partition coefficient (Wildman–Crippen LogP) is 1.56. The number of anilines is 1. The van der Waals surface area contributed by atoms with Crippen molar-refractivity contribution in [3.05, 3.63) is 15.5 Å². The van der Waals surface area contributed by atoms with Gasteiger partial charge in [-0.3, -0.25) is 14.4 Å². The standard InChI is InChI=1S/C15H18ClN3O4S/c1-6(20)17-15-10(11(16)12(24-15)7-2-3-7)14(23)18-8-4-5-9(21)19-13(8)22/h7-9,21H,2-5H2,1H3,(H,17,20)(H,18,23)(H,19,22). The summed E-state index contributed by atoms with van der Waals surface area (Å²) >= 11 is 7.69. The molecule has 2 fully saturated rings. The summed E-state index contributed by atoms with van der Waals surface area (Å²) in [6, 6.07) is -0.730. The number of carbonyl (C=O) groups excluding carboxylic acids is 3. The van der Waals surface area contributed by atoms with Crippen molar-refractivity contribution >= 4 is 45.7 Å². The average Bonchev–Trinajstić information content (AvgIpc) is 3.27. The highest BCUT2D eigenvalue weighted by molar-refractivity contribution is 7.17. The van der Waals surface area contributed by atoms with Crippen molar-refractivity contribution in [3.63, 3.8) is 0 Å². The fraction of sp³-hybridized carbons (Fsp3) is 0.533. The normalized spacial score (nSPS) is 23.5. The first-order valence-electron chi connectivity index (χ1n) is 7.76. The third-order valence-corrected chi connectivity index (χ3v) is 5.77. The van der Waals surface area contributed by atoms with Crippen molar-refractivity contribution in [1.82, 2.24) is 10.6 Å². The molecule has 24 heavy (non-hydrogen) atoms. The van der Waals surface area contributed by atoms with Crippen LogP contribution in [0.25, 0.3) is 0 Å². The second kappa shape index (κ2) is 6.70. The van der Waals surface area contributed by atoms with Gasteiger partial charge in [0.15, 0.2) is 0 Å². The van der Waals surface area contributed by atoms with E-state index in [2.05, 4.69) is 16.0 Å². The molecular formula is C15H18ClN3O4S. The van der Waals surface area contributed by atoms with Gasteiger partial charge in [0.05, 0.1) is 10.6 Å². The number of hydrogen-bond acceptors (Lipinski definition) is 5. The van der Waals surface area contributed by atoms with E-state index in [1.54, 1.807) is 0 Å². The average molecular weight is 372 g/mol. The Morgan fingerprint density at radius 3 is 2.58 bits per heavy atom. The Labute approximate surface area is 147 Å². The SMILES string of the molecule is CC(=O)Nc1sc(C2CC2)c(Cl)c1C(=O)NC1CCC(O)NC1=O. The molecule has 0 bridgehead atoms. The third-order valence-electron chi connectivity index (χ3n) is 4.00. The molecule has 1 aliphatic heterocycles. The van der Waals surface area contributed by atoms with E-state index in [1.807, 2.05) is 0 Å². The second-order valence-corrected chi connectivity index (χ2v) is 7.50. The number of halogens is 1. The fourth-order valence-corrected chi connectivity index (χ4v) is 4.46. The summed E-state index contributed by atoms with van der Waals surface area (Å²) in [5.41, 5.74) is 0.206. The van der Waals surface area contributed by atoms with Gasteiger partial charge in [0, 0.05) is 11.8 Å². The van der Waals surface area contributed by atoms with E-state index < -0.39 is 24.1 Å². The quantitative estimate of drug-likeness (QED) is 0.644. The van der Waals surface area contributed by atoms with Gasteiger partial charge in [-0.25, -0.2) is 0 Å². The summed E-state index contributed by atoms with van der Waals surface area (Å²) in [7, 11) is 0. The second-order valence-electron chi connectivity index (χ2n) is 6.07. The lowest BCUT2D eigenvalue weighted by molar-refractivity contribution is -0.128. The molecular weight excluding hydrogens is 354 g/mol. The lowest BCUT2D eigenvalue weighted by Crippen LogP contribution is -2.53. The van der Waals surface area contributed by atoms with Crippen molar-refractivity contribution < 1.29 is 19.5 Å². The molecule has 0 aromatic carbocycles. The summed E-state index contributed by atoms with van der Waals surface area (Å²) in [6.07, 6.45) is 1.85. The molecule has 2 aliphatic rings. The van der Waals surface area contributed by atoms with Gasteiger partial charge in [-0.05, 0) is 31.6 Å². The van der Waals surface area contributed by atoms with Crippen LogP contribution in [0.1, 0.15) is 53.8 Å². The summed E-state index contributed by atoms with van der Waals surface area (Å²) in [4.78, 5) is 36.8. The molecule has 2 unspecified atom stereocenters.